The first-order valence-corrected chi connectivity index (χ1v) is 5.13. The van der Waals surface area contributed by atoms with E-state index in [1.165, 1.54) is 6.07 Å². The lowest BCUT2D eigenvalue weighted by atomic mass is 10.0. The highest BCUT2D eigenvalue weighted by molar-refractivity contribution is 5.30. The van der Waals surface area contributed by atoms with Crippen molar-refractivity contribution in [2.75, 3.05) is 0 Å². The number of benzene rings is 1. The van der Waals surface area contributed by atoms with Gasteiger partial charge >= 0.3 is 6.18 Å². The number of hydrazine groups is 1. The van der Waals surface area contributed by atoms with Crippen molar-refractivity contribution in [3.8, 4) is 0 Å². The minimum absolute atomic E-state index is 0.415. The van der Waals surface area contributed by atoms with Gasteiger partial charge in [-0.15, -0.1) is 0 Å². The van der Waals surface area contributed by atoms with Crippen LogP contribution in [0.25, 0.3) is 0 Å². The zero-order chi connectivity index (χ0) is 13.1. The zero-order valence-electron chi connectivity index (χ0n) is 9.68. The first-order valence-electron chi connectivity index (χ1n) is 5.13. The van der Waals surface area contributed by atoms with Crippen LogP contribution in [0.2, 0.25) is 0 Å². The van der Waals surface area contributed by atoms with Gasteiger partial charge in [0.05, 0.1) is 11.6 Å². The summed E-state index contributed by atoms with van der Waals surface area (Å²) in [6, 6.07) is 4.71. The van der Waals surface area contributed by atoms with Crippen LogP contribution in [0.1, 0.15) is 31.0 Å². The Kier molecular flexibility index (Phi) is 4.31. The molecule has 0 amide bonds. The van der Waals surface area contributed by atoms with Crippen molar-refractivity contribution in [2.24, 2.45) is 5.84 Å². The molecule has 0 bridgehead atoms. The van der Waals surface area contributed by atoms with Gasteiger partial charge in [0.1, 0.15) is 0 Å². The lowest BCUT2D eigenvalue weighted by Crippen LogP contribution is -2.27. The van der Waals surface area contributed by atoms with Crippen molar-refractivity contribution in [3.63, 3.8) is 0 Å². The maximum atomic E-state index is 12.5. The van der Waals surface area contributed by atoms with Crippen molar-refractivity contribution < 1.29 is 13.2 Å². The van der Waals surface area contributed by atoms with Crippen LogP contribution in [-0.4, -0.2) is 0 Å². The molecule has 0 aromatic heterocycles. The highest BCUT2D eigenvalue weighted by Crippen LogP contribution is 2.30. The number of nitrogens with two attached hydrogens (primary N) is 1. The van der Waals surface area contributed by atoms with Crippen LogP contribution in [-0.2, 0) is 6.18 Å². The molecule has 1 aromatic rings. The summed E-state index contributed by atoms with van der Waals surface area (Å²) in [7, 11) is 0. The number of rotatable bonds is 3. The monoisotopic (exact) mass is 244 g/mol. The molecule has 0 aliphatic heterocycles. The quantitative estimate of drug-likeness (QED) is 0.487. The maximum absolute atomic E-state index is 12.5. The molecular weight excluding hydrogens is 229 g/mol. The lowest BCUT2D eigenvalue weighted by molar-refractivity contribution is -0.137. The summed E-state index contributed by atoms with van der Waals surface area (Å²) in [6.07, 6.45) is -2.56. The molecule has 1 rings (SSSR count). The topological polar surface area (TPSA) is 38.0 Å². The molecule has 1 aromatic carbocycles. The summed E-state index contributed by atoms with van der Waals surface area (Å²) in [5, 5.41) is 0. The molecule has 0 saturated heterocycles. The molecule has 1 atom stereocenters. The SMILES string of the molecule is CC(C)=CC(NN)c1cccc(C(F)(F)F)c1. The Labute approximate surface area is 98.3 Å². The smallest absolute Gasteiger partial charge is 0.271 e. The predicted molar refractivity (Wildman–Crippen MR) is 60.9 cm³/mol. The molecule has 0 saturated carbocycles. The van der Waals surface area contributed by atoms with Crippen molar-refractivity contribution >= 4 is 0 Å². The van der Waals surface area contributed by atoms with E-state index in [1.807, 2.05) is 13.8 Å². The van der Waals surface area contributed by atoms with Crippen molar-refractivity contribution in [3.05, 3.63) is 47.0 Å². The maximum Gasteiger partial charge on any atom is 0.416 e. The second-order valence-corrected chi connectivity index (χ2v) is 4.01. The van der Waals surface area contributed by atoms with Gasteiger partial charge in [-0.05, 0) is 31.5 Å². The first kappa shape index (κ1) is 13.7. The summed E-state index contributed by atoms with van der Waals surface area (Å²) in [5.41, 5.74) is 3.28. The molecule has 0 spiro atoms. The number of hydrogen-bond acceptors (Lipinski definition) is 2. The van der Waals surface area contributed by atoms with E-state index in [0.29, 0.717) is 5.56 Å². The van der Waals surface area contributed by atoms with Crippen molar-refractivity contribution in [2.45, 2.75) is 26.1 Å². The highest BCUT2D eigenvalue weighted by Gasteiger charge is 2.30. The van der Waals surface area contributed by atoms with E-state index in [4.69, 9.17) is 5.84 Å². The molecule has 0 heterocycles. The van der Waals surface area contributed by atoms with Crippen molar-refractivity contribution in [1.29, 1.82) is 0 Å². The fourth-order valence-corrected chi connectivity index (χ4v) is 1.48. The third-order valence-corrected chi connectivity index (χ3v) is 2.25. The number of nitrogens with one attached hydrogen (secondary N) is 1. The molecule has 3 N–H and O–H groups in total. The van der Waals surface area contributed by atoms with Gasteiger partial charge in [0.25, 0.3) is 0 Å². The molecule has 5 heteroatoms. The van der Waals surface area contributed by atoms with E-state index in [1.54, 1.807) is 12.1 Å². The van der Waals surface area contributed by atoms with Crippen molar-refractivity contribution in [1.82, 2.24) is 5.43 Å². The fraction of sp³-hybridized carbons (Fsp3) is 0.333. The lowest BCUT2D eigenvalue weighted by Gasteiger charge is -2.15. The van der Waals surface area contributed by atoms with Gasteiger partial charge in [-0.1, -0.05) is 23.8 Å². The average molecular weight is 244 g/mol. The molecule has 94 valence electrons. The van der Waals surface area contributed by atoms with E-state index in [9.17, 15) is 13.2 Å². The zero-order valence-corrected chi connectivity index (χ0v) is 9.68. The van der Waals surface area contributed by atoms with Gasteiger partial charge < -0.3 is 0 Å². The Hall–Kier alpha value is -1.33. The number of alkyl halides is 3. The summed E-state index contributed by atoms with van der Waals surface area (Å²) in [6.45, 7) is 3.72. The Morgan fingerprint density at radius 3 is 2.47 bits per heavy atom. The van der Waals surface area contributed by atoms with Crippen LogP contribution in [0.3, 0.4) is 0 Å². The Morgan fingerprint density at radius 1 is 1.35 bits per heavy atom. The minimum Gasteiger partial charge on any atom is -0.271 e. The molecule has 2 nitrogen and oxygen atoms in total. The van der Waals surface area contributed by atoms with Crippen LogP contribution >= 0.6 is 0 Å². The molecule has 0 aliphatic rings. The average Bonchev–Trinajstić information content (AvgIpc) is 2.24. The van der Waals surface area contributed by atoms with Gasteiger partial charge in [-0.3, -0.25) is 5.84 Å². The van der Waals surface area contributed by atoms with E-state index in [-0.39, 0.29) is 0 Å². The van der Waals surface area contributed by atoms with E-state index in [0.717, 1.165) is 17.7 Å². The molecule has 1 unspecified atom stereocenters. The molecule has 0 radical (unpaired) electrons. The molecule has 17 heavy (non-hydrogen) atoms. The van der Waals surface area contributed by atoms with Gasteiger partial charge in [0.2, 0.25) is 0 Å². The highest BCUT2D eigenvalue weighted by atomic mass is 19.4. The fourth-order valence-electron chi connectivity index (χ4n) is 1.48. The van der Waals surface area contributed by atoms with Gasteiger partial charge in [0, 0.05) is 0 Å². The van der Waals surface area contributed by atoms with Crippen LogP contribution in [0, 0.1) is 0 Å². The molecule has 0 aliphatic carbocycles. The first-order chi connectivity index (χ1) is 7.84. The second-order valence-electron chi connectivity index (χ2n) is 4.01. The number of allylic oxidation sites excluding steroid dienone is 1. The molecule has 0 fully saturated rings. The predicted octanol–water partition coefficient (Wildman–Crippen LogP) is 3.18. The van der Waals surface area contributed by atoms with Gasteiger partial charge in [-0.2, -0.15) is 13.2 Å². The summed E-state index contributed by atoms with van der Waals surface area (Å²) in [4.78, 5) is 0. The van der Waals surface area contributed by atoms with Gasteiger partial charge in [-0.25, -0.2) is 5.43 Å². The van der Waals surface area contributed by atoms with Crippen LogP contribution in [0.4, 0.5) is 13.2 Å². The Bertz CT molecular complexity index is 406. The molecular formula is C12H15F3N2. The van der Waals surface area contributed by atoms with E-state index in [2.05, 4.69) is 5.43 Å². The third-order valence-electron chi connectivity index (χ3n) is 2.25. The summed E-state index contributed by atoms with van der Waals surface area (Å²) in [5.74, 6) is 5.34. The largest absolute Gasteiger partial charge is 0.416 e. The summed E-state index contributed by atoms with van der Waals surface area (Å²) >= 11 is 0. The van der Waals surface area contributed by atoms with Gasteiger partial charge in [0.15, 0.2) is 0 Å². The third kappa shape index (κ3) is 3.87. The Morgan fingerprint density at radius 2 is 2.00 bits per heavy atom. The second kappa shape index (κ2) is 5.33. The summed E-state index contributed by atoms with van der Waals surface area (Å²) < 4.78 is 37.6. The van der Waals surface area contributed by atoms with Crippen LogP contribution < -0.4 is 11.3 Å². The van der Waals surface area contributed by atoms with Crippen LogP contribution in [0.5, 0.6) is 0 Å². The normalized spacial score (nSPS) is 13.3. The minimum atomic E-state index is -4.33. The number of halogens is 3. The number of hydrogen-bond donors (Lipinski definition) is 2. The Balaban J connectivity index is 3.10. The van der Waals surface area contributed by atoms with E-state index < -0.39 is 17.8 Å². The standard InChI is InChI=1S/C12H15F3N2/c1-8(2)6-11(17-16)9-4-3-5-10(7-9)12(13,14)15/h3-7,11,17H,16H2,1-2H3. The van der Waals surface area contributed by atoms with Crippen LogP contribution in [0.15, 0.2) is 35.9 Å². The van der Waals surface area contributed by atoms with E-state index >= 15 is 0 Å².